The minimum Gasteiger partial charge on any atom is -0.341 e. The summed E-state index contributed by atoms with van der Waals surface area (Å²) in [5.41, 5.74) is 6.03. The molecule has 0 saturated carbocycles. The van der Waals surface area contributed by atoms with Crippen LogP contribution in [0.15, 0.2) is 11.4 Å². The third-order valence-corrected chi connectivity index (χ3v) is 4.26. The normalized spacial score (nSPS) is 13.7. The summed E-state index contributed by atoms with van der Waals surface area (Å²) in [6.45, 7) is 1.97. The van der Waals surface area contributed by atoms with Gasteiger partial charge in [-0.2, -0.15) is 0 Å². The van der Waals surface area contributed by atoms with Gasteiger partial charge in [0.05, 0.1) is 13.1 Å². The van der Waals surface area contributed by atoms with Gasteiger partial charge in [-0.3, -0.25) is 9.59 Å². The van der Waals surface area contributed by atoms with Crippen LogP contribution in [0.2, 0.25) is 0 Å². The lowest BCUT2D eigenvalue weighted by molar-refractivity contribution is -0.130. The van der Waals surface area contributed by atoms with Crippen LogP contribution in [0.3, 0.4) is 0 Å². The number of hydrogen-bond donors (Lipinski definition) is 1. The zero-order valence-electron chi connectivity index (χ0n) is 12.1. The van der Waals surface area contributed by atoms with E-state index in [1.54, 1.807) is 13.1 Å². The second-order valence-corrected chi connectivity index (χ2v) is 5.83. The summed E-state index contributed by atoms with van der Waals surface area (Å²) in [5.74, 6) is 5.48. The largest absolute Gasteiger partial charge is 0.341 e. The van der Waals surface area contributed by atoms with Gasteiger partial charge in [-0.1, -0.05) is 11.8 Å². The molecule has 0 spiro atoms. The number of carbonyl (C=O) groups is 2. The fourth-order valence-corrected chi connectivity index (χ4v) is 3.08. The van der Waals surface area contributed by atoms with Crippen molar-refractivity contribution in [3.8, 4) is 11.8 Å². The van der Waals surface area contributed by atoms with Crippen LogP contribution in [0.1, 0.15) is 28.1 Å². The van der Waals surface area contributed by atoms with Crippen LogP contribution in [0.25, 0.3) is 0 Å². The number of rotatable bonds is 3. The second kappa shape index (κ2) is 7.25. The molecular formula is C15H19N3O2S. The van der Waals surface area contributed by atoms with Gasteiger partial charge in [-0.25, -0.2) is 0 Å². The molecule has 0 atom stereocenters. The molecule has 0 aromatic carbocycles. The van der Waals surface area contributed by atoms with E-state index in [0.29, 0.717) is 10.4 Å². The van der Waals surface area contributed by atoms with E-state index in [1.807, 2.05) is 10.3 Å². The van der Waals surface area contributed by atoms with Crippen molar-refractivity contribution in [1.29, 1.82) is 0 Å². The number of nitrogens with two attached hydrogens (primary N) is 1. The van der Waals surface area contributed by atoms with Crippen molar-refractivity contribution in [1.82, 2.24) is 9.80 Å². The molecule has 112 valence electrons. The van der Waals surface area contributed by atoms with E-state index in [-0.39, 0.29) is 24.9 Å². The summed E-state index contributed by atoms with van der Waals surface area (Å²) >= 11 is 1.34. The first kappa shape index (κ1) is 15.5. The molecular weight excluding hydrogens is 286 g/mol. The van der Waals surface area contributed by atoms with Crippen LogP contribution >= 0.6 is 11.3 Å². The smallest absolute Gasteiger partial charge is 0.265 e. The highest BCUT2D eigenvalue weighted by Crippen LogP contribution is 2.18. The van der Waals surface area contributed by atoms with E-state index < -0.39 is 0 Å². The molecule has 2 amide bonds. The van der Waals surface area contributed by atoms with Crippen LogP contribution in [0.4, 0.5) is 0 Å². The third-order valence-electron chi connectivity index (χ3n) is 3.36. The summed E-state index contributed by atoms with van der Waals surface area (Å²) < 4.78 is 0. The van der Waals surface area contributed by atoms with Crippen molar-refractivity contribution in [2.75, 3.05) is 33.2 Å². The predicted octanol–water partition coefficient (Wildman–Crippen LogP) is 0.753. The van der Waals surface area contributed by atoms with Gasteiger partial charge in [0.25, 0.3) is 5.91 Å². The fourth-order valence-electron chi connectivity index (χ4n) is 2.23. The highest BCUT2D eigenvalue weighted by atomic mass is 32.1. The summed E-state index contributed by atoms with van der Waals surface area (Å²) in [4.78, 5) is 28.3. The monoisotopic (exact) mass is 305 g/mol. The maximum absolute atomic E-state index is 12.4. The van der Waals surface area contributed by atoms with Gasteiger partial charge in [0, 0.05) is 25.7 Å². The van der Waals surface area contributed by atoms with Crippen molar-refractivity contribution in [3.63, 3.8) is 0 Å². The van der Waals surface area contributed by atoms with Gasteiger partial charge < -0.3 is 15.5 Å². The number of likely N-dealkylation sites (tertiary alicyclic amines) is 1. The number of thiophene rings is 1. The van der Waals surface area contributed by atoms with Crippen molar-refractivity contribution in [2.45, 2.75) is 12.8 Å². The molecule has 6 heteroatoms. The van der Waals surface area contributed by atoms with Crippen molar-refractivity contribution < 1.29 is 9.59 Å². The lowest BCUT2D eigenvalue weighted by Gasteiger charge is -2.21. The first-order chi connectivity index (χ1) is 10.1. The summed E-state index contributed by atoms with van der Waals surface area (Å²) in [7, 11) is 1.65. The van der Waals surface area contributed by atoms with E-state index in [1.165, 1.54) is 16.2 Å². The zero-order chi connectivity index (χ0) is 15.2. The van der Waals surface area contributed by atoms with Gasteiger partial charge in [0.1, 0.15) is 4.88 Å². The Labute approximate surface area is 128 Å². The number of amides is 2. The molecule has 1 aliphatic rings. The van der Waals surface area contributed by atoms with Gasteiger partial charge >= 0.3 is 0 Å². The summed E-state index contributed by atoms with van der Waals surface area (Å²) in [5, 5.41) is 1.82. The van der Waals surface area contributed by atoms with Crippen LogP contribution < -0.4 is 5.73 Å². The number of nitrogens with zero attached hydrogens (tertiary/aromatic N) is 2. The SMILES string of the molecule is CN(CC(=O)N1CCCC1)C(=O)c1sccc1C#CCN. The minimum absolute atomic E-state index is 0.00879. The Morgan fingerprint density at radius 1 is 1.43 bits per heavy atom. The van der Waals surface area contributed by atoms with Crippen LogP contribution in [0.5, 0.6) is 0 Å². The van der Waals surface area contributed by atoms with Gasteiger partial charge in [-0.05, 0) is 24.3 Å². The molecule has 1 fully saturated rings. The Balaban J connectivity index is 2.02. The van der Waals surface area contributed by atoms with Gasteiger partial charge in [0.15, 0.2) is 0 Å². The Bertz CT molecular complexity index is 579. The van der Waals surface area contributed by atoms with Gasteiger partial charge in [0.2, 0.25) is 5.91 Å². The summed E-state index contributed by atoms with van der Waals surface area (Å²) in [6, 6.07) is 1.80. The number of carbonyl (C=O) groups excluding carboxylic acids is 2. The lowest BCUT2D eigenvalue weighted by atomic mass is 10.2. The maximum Gasteiger partial charge on any atom is 0.265 e. The van der Waals surface area contributed by atoms with Crippen LogP contribution in [0, 0.1) is 11.8 Å². The van der Waals surface area contributed by atoms with Crippen LogP contribution in [-0.2, 0) is 4.79 Å². The molecule has 1 aromatic heterocycles. The topological polar surface area (TPSA) is 66.6 Å². The Morgan fingerprint density at radius 2 is 2.14 bits per heavy atom. The Morgan fingerprint density at radius 3 is 2.81 bits per heavy atom. The standard InChI is InChI=1S/C15H19N3O2S/c1-17(11-13(19)18-8-2-3-9-18)15(20)14-12(5-4-7-16)6-10-21-14/h6,10H,2-3,7-9,11,16H2,1H3. The molecule has 1 aromatic rings. The Hall–Kier alpha value is -1.84. The molecule has 2 N–H and O–H groups in total. The predicted molar refractivity (Wildman–Crippen MR) is 83.0 cm³/mol. The van der Waals surface area contributed by atoms with E-state index in [9.17, 15) is 9.59 Å². The van der Waals surface area contributed by atoms with Crippen molar-refractivity contribution >= 4 is 23.2 Å². The van der Waals surface area contributed by atoms with E-state index in [2.05, 4.69) is 11.8 Å². The van der Waals surface area contributed by atoms with E-state index in [0.717, 1.165) is 25.9 Å². The fraction of sp³-hybridized carbons (Fsp3) is 0.467. The molecule has 5 nitrogen and oxygen atoms in total. The van der Waals surface area contributed by atoms with Crippen LogP contribution in [-0.4, -0.2) is 54.8 Å². The Kier molecular flexibility index (Phi) is 5.37. The second-order valence-electron chi connectivity index (χ2n) is 4.92. The van der Waals surface area contributed by atoms with Gasteiger partial charge in [-0.15, -0.1) is 11.3 Å². The third kappa shape index (κ3) is 3.84. The molecule has 2 heterocycles. The first-order valence-electron chi connectivity index (χ1n) is 6.93. The lowest BCUT2D eigenvalue weighted by Crippen LogP contribution is -2.39. The quantitative estimate of drug-likeness (QED) is 0.838. The van der Waals surface area contributed by atoms with Crippen molar-refractivity contribution in [3.05, 3.63) is 21.9 Å². The zero-order valence-corrected chi connectivity index (χ0v) is 12.9. The summed E-state index contributed by atoms with van der Waals surface area (Å²) in [6.07, 6.45) is 2.10. The molecule has 1 saturated heterocycles. The molecule has 21 heavy (non-hydrogen) atoms. The van der Waals surface area contributed by atoms with E-state index >= 15 is 0 Å². The molecule has 0 aliphatic carbocycles. The molecule has 0 radical (unpaired) electrons. The average molecular weight is 305 g/mol. The van der Waals surface area contributed by atoms with E-state index in [4.69, 9.17) is 5.73 Å². The number of likely N-dealkylation sites (N-methyl/N-ethyl adjacent to an activating group) is 1. The average Bonchev–Trinajstić information content (AvgIpc) is 3.15. The first-order valence-corrected chi connectivity index (χ1v) is 7.81. The number of hydrogen-bond acceptors (Lipinski definition) is 4. The maximum atomic E-state index is 12.4. The van der Waals surface area contributed by atoms with Crippen molar-refractivity contribution in [2.24, 2.45) is 5.73 Å². The molecule has 0 unspecified atom stereocenters. The minimum atomic E-state index is -0.168. The highest BCUT2D eigenvalue weighted by Gasteiger charge is 2.23. The molecule has 1 aliphatic heterocycles. The molecule has 0 bridgehead atoms. The highest BCUT2D eigenvalue weighted by molar-refractivity contribution is 7.12. The molecule has 2 rings (SSSR count).